The molecule has 0 bridgehead atoms. The van der Waals surface area contributed by atoms with Crippen molar-refractivity contribution in [1.82, 2.24) is 0 Å². The highest BCUT2D eigenvalue weighted by Crippen LogP contribution is 2.71. The van der Waals surface area contributed by atoms with Crippen molar-refractivity contribution >= 4 is 0 Å². The van der Waals surface area contributed by atoms with Gasteiger partial charge in [-0.25, -0.2) is 0 Å². The molecule has 0 amide bonds. The lowest BCUT2D eigenvalue weighted by atomic mass is 9.83. The van der Waals surface area contributed by atoms with Gasteiger partial charge in [0.25, 0.3) is 0 Å². The first kappa shape index (κ1) is 9.81. The normalized spacial score (nSPS) is 41.2. The summed E-state index contributed by atoms with van der Waals surface area (Å²) in [7, 11) is 0. The molecule has 3 aliphatic rings. The number of fused-ring (bicyclic) bond motifs is 3. The van der Waals surface area contributed by atoms with Crippen molar-refractivity contribution in [2.24, 2.45) is 11.3 Å². The third-order valence-corrected chi connectivity index (χ3v) is 5.51. The summed E-state index contributed by atoms with van der Waals surface area (Å²) in [5, 5.41) is 9.80. The SMILES string of the molecule is Cc1cc2c(cc1O)C[C@@]1(CC[C@@H]3C[C@]31C)O2. The lowest BCUT2D eigenvalue weighted by Gasteiger charge is -2.31. The zero-order valence-corrected chi connectivity index (χ0v) is 10.4. The van der Waals surface area contributed by atoms with E-state index in [0.717, 1.165) is 23.7 Å². The van der Waals surface area contributed by atoms with Crippen LogP contribution >= 0.6 is 0 Å². The molecule has 1 spiro atoms. The Morgan fingerprint density at radius 3 is 2.88 bits per heavy atom. The molecule has 3 atom stereocenters. The van der Waals surface area contributed by atoms with Crippen LogP contribution in [0, 0.1) is 18.3 Å². The van der Waals surface area contributed by atoms with E-state index in [-0.39, 0.29) is 5.60 Å². The van der Waals surface area contributed by atoms with E-state index in [1.54, 1.807) is 0 Å². The van der Waals surface area contributed by atoms with Crippen LogP contribution in [0.3, 0.4) is 0 Å². The van der Waals surface area contributed by atoms with Gasteiger partial charge in [-0.2, -0.15) is 0 Å². The number of benzene rings is 1. The summed E-state index contributed by atoms with van der Waals surface area (Å²) in [6, 6.07) is 3.90. The van der Waals surface area contributed by atoms with Crippen LogP contribution in [0.4, 0.5) is 0 Å². The summed E-state index contributed by atoms with van der Waals surface area (Å²) < 4.78 is 6.34. The molecular weight excluding hydrogens is 212 g/mol. The fourth-order valence-corrected chi connectivity index (χ4v) is 4.08. The van der Waals surface area contributed by atoms with Gasteiger partial charge in [-0.1, -0.05) is 6.92 Å². The van der Waals surface area contributed by atoms with Gasteiger partial charge in [0.2, 0.25) is 0 Å². The van der Waals surface area contributed by atoms with Crippen molar-refractivity contribution in [2.75, 3.05) is 0 Å². The summed E-state index contributed by atoms with van der Waals surface area (Å²) in [6.45, 7) is 4.31. The molecule has 1 heterocycles. The van der Waals surface area contributed by atoms with Gasteiger partial charge >= 0.3 is 0 Å². The number of hydrogen-bond donors (Lipinski definition) is 1. The Bertz CT molecular complexity index is 487. The van der Waals surface area contributed by atoms with E-state index in [4.69, 9.17) is 4.74 Å². The smallest absolute Gasteiger partial charge is 0.124 e. The summed E-state index contributed by atoms with van der Waals surface area (Å²) >= 11 is 0. The number of rotatable bonds is 0. The molecule has 1 aromatic carbocycles. The van der Waals surface area contributed by atoms with Crippen LogP contribution in [-0.4, -0.2) is 10.7 Å². The van der Waals surface area contributed by atoms with E-state index in [0.29, 0.717) is 11.2 Å². The van der Waals surface area contributed by atoms with Crippen LogP contribution in [-0.2, 0) is 6.42 Å². The Hall–Kier alpha value is -1.18. The van der Waals surface area contributed by atoms with E-state index in [1.165, 1.54) is 24.8 Å². The minimum absolute atomic E-state index is 0.0419. The maximum absolute atomic E-state index is 9.80. The number of phenolic OH excluding ortho intramolecular Hbond substituents is 1. The maximum Gasteiger partial charge on any atom is 0.124 e. The summed E-state index contributed by atoms with van der Waals surface area (Å²) in [5.74, 6) is 2.29. The lowest BCUT2D eigenvalue weighted by molar-refractivity contribution is 0.0334. The average Bonchev–Trinajstić information content (AvgIpc) is 2.71. The highest BCUT2D eigenvalue weighted by atomic mass is 16.5. The summed E-state index contributed by atoms with van der Waals surface area (Å²) in [4.78, 5) is 0. The topological polar surface area (TPSA) is 29.5 Å². The van der Waals surface area contributed by atoms with Gasteiger partial charge in [0.05, 0.1) is 0 Å². The van der Waals surface area contributed by atoms with Crippen LogP contribution in [0.5, 0.6) is 11.5 Å². The zero-order valence-electron chi connectivity index (χ0n) is 10.4. The van der Waals surface area contributed by atoms with Crippen molar-refractivity contribution in [3.05, 3.63) is 23.3 Å². The molecule has 4 rings (SSSR count). The number of aryl methyl sites for hydroxylation is 1. The van der Waals surface area contributed by atoms with E-state index >= 15 is 0 Å². The number of aromatic hydroxyl groups is 1. The Morgan fingerprint density at radius 1 is 1.41 bits per heavy atom. The summed E-state index contributed by atoms with van der Waals surface area (Å²) in [5.41, 5.74) is 2.55. The van der Waals surface area contributed by atoms with Crippen LogP contribution < -0.4 is 4.74 Å². The van der Waals surface area contributed by atoms with Crippen molar-refractivity contribution in [3.63, 3.8) is 0 Å². The van der Waals surface area contributed by atoms with E-state index in [1.807, 2.05) is 19.1 Å². The molecule has 2 saturated carbocycles. The fraction of sp³-hybridized carbons (Fsp3) is 0.600. The highest BCUT2D eigenvalue weighted by molar-refractivity contribution is 5.50. The van der Waals surface area contributed by atoms with E-state index in [2.05, 4.69) is 6.92 Å². The van der Waals surface area contributed by atoms with Gasteiger partial charge in [-0.05, 0) is 49.8 Å². The predicted octanol–water partition coefficient (Wildman–Crippen LogP) is 3.19. The first-order valence-electron chi connectivity index (χ1n) is 6.56. The van der Waals surface area contributed by atoms with Crippen molar-refractivity contribution in [1.29, 1.82) is 0 Å². The van der Waals surface area contributed by atoms with Crippen LogP contribution in [0.15, 0.2) is 12.1 Å². The fourth-order valence-electron chi connectivity index (χ4n) is 4.08. The lowest BCUT2D eigenvalue weighted by Crippen LogP contribution is -2.40. The van der Waals surface area contributed by atoms with Crippen molar-refractivity contribution in [3.8, 4) is 11.5 Å². The van der Waals surface area contributed by atoms with Crippen LogP contribution in [0.25, 0.3) is 0 Å². The van der Waals surface area contributed by atoms with Gasteiger partial charge in [0.1, 0.15) is 17.1 Å². The Kier molecular flexibility index (Phi) is 1.52. The van der Waals surface area contributed by atoms with Gasteiger partial charge in [-0.15, -0.1) is 0 Å². The van der Waals surface area contributed by atoms with Gasteiger partial charge in [0, 0.05) is 17.4 Å². The first-order chi connectivity index (χ1) is 8.04. The number of phenols is 1. The van der Waals surface area contributed by atoms with Gasteiger partial charge in [-0.3, -0.25) is 0 Å². The molecule has 0 aromatic heterocycles. The molecule has 2 fully saturated rings. The largest absolute Gasteiger partial charge is 0.508 e. The van der Waals surface area contributed by atoms with Crippen molar-refractivity contribution < 1.29 is 9.84 Å². The van der Waals surface area contributed by atoms with Crippen molar-refractivity contribution in [2.45, 2.75) is 45.1 Å². The Balaban J connectivity index is 1.78. The molecule has 0 unspecified atom stereocenters. The molecule has 0 saturated heterocycles. The standard InChI is InChI=1S/C15H18O2/c1-9-5-13-10(6-12(9)16)7-15(17-13)4-3-11-8-14(11,15)2/h5-6,11,16H,3-4,7-8H2,1-2H3/t11-,14-,15-/m1/s1. The second kappa shape index (κ2) is 2.63. The minimum Gasteiger partial charge on any atom is -0.508 e. The Morgan fingerprint density at radius 2 is 2.24 bits per heavy atom. The van der Waals surface area contributed by atoms with Gasteiger partial charge < -0.3 is 9.84 Å². The minimum atomic E-state index is 0.0419. The monoisotopic (exact) mass is 230 g/mol. The predicted molar refractivity (Wildman–Crippen MR) is 65.4 cm³/mol. The quantitative estimate of drug-likeness (QED) is 0.741. The molecule has 2 nitrogen and oxygen atoms in total. The first-order valence-corrected chi connectivity index (χ1v) is 6.56. The summed E-state index contributed by atoms with van der Waals surface area (Å²) in [6.07, 6.45) is 4.81. The van der Waals surface area contributed by atoms with Gasteiger partial charge in [0.15, 0.2) is 0 Å². The van der Waals surface area contributed by atoms with E-state index in [9.17, 15) is 5.11 Å². The van der Waals surface area contributed by atoms with Crippen LogP contribution in [0.1, 0.15) is 37.3 Å². The molecule has 1 aliphatic heterocycles. The molecule has 1 aromatic rings. The van der Waals surface area contributed by atoms with Crippen LogP contribution in [0.2, 0.25) is 0 Å². The third kappa shape index (κ3) is 1.02. The van der Waals surface area contributed by atoms with E-state index < -0.39 is 0 Å². The average molecular weight is 230 g/mol. The molecule has 17 heavy (non-hydrogen) atoms. The molecule has 2 heteroatoms. The molecular formula is C15H18O2. The zero-order chi connectivity index (χ0) is 11.8. The molecule has 1 N–H and O–H groups in total. The molecule has 2 aliphatic carbocycles. The Labute approximate surface area is 102 Å². The second-order valence-electron chi connectivity index (χ2n) is 6.38. The highest BCUT2D eigenvalue weighted by Gasteiger charge is 2.70. The maximum atomic E-state index is 9.80. The second-order valence-corrected chi connectivity index (χ2v) is 6.38. The number of ether oxygens (including phenoxy) is 1. The molecule has 0 radical (unpaired) electrons. The molecule has 90 valence electrons. The third-order valence-electron chi connectivity index (χ3n) is 5.51. The number of hydrogen-bond acceptors (Lipinski definition) is 2.